The monoisotopic (exact) mass is 520 g/mol. The Bertz CT molecular complexity index is 1520. The molecular weight excluding hydrogens is 492 g/mol. The van der Waals surface area contributed by atoms with Gasteiger partial charge in [-0.1, -0.05) is 30.3 Å². The molecule has 3 aromatic carbocycles. The number of benzene rings is 3. The quantitative estimate of drug-likeness (QED) is 0.457. The number of nitrogens with zero attached hydrogens (tertiary/aromatic N) is 3. The number of hydrogen-bond acceptors (Lipinski definition) is 8. The first-order chi connectivity index (χ1) is 17.7. The van der Waals surface area contributed by atoms with Gasteiger partial charge in [0.1, 0.15) is 23.1 Å². The number of aliphatic imine (C=N–C) groups is 2. The molecule has 9 nitrogen and oxygen atoms in total. The molecule has 0 aromatic heterocycles. The molecule has 1 atom stereocenters. The average Bonchev–Trinajstić information content (AvgIpc) is 3.21. The van der Waals surface area contributed by atoms with Crippen molar-refractivity contribution in [2.45, 2.75) is 17.7 Å². The van der Waals surface area contributed by atoms with Crippen molar-refractivity contribution in [2.75, 3.05) is 27.3 Å². The van der Waals surface area contributed by atoms with Crippen molar-refractivity contribution in [3.05, 3.63) is 83.4 Å². The summed E-state index contributed by atoms with van der Waals surface area (Å²) in [6, 6.07) is 20.7. The van der Waals surface area contributed by atoms with E-state index in [-0.39, 0.29) is 0 Å². The smallest absolute Gasteiger partial charge is 0.269 e. The standard InChI is InChI=1S/C27H28N4O5S/c1-35-23-9-4-8-22(16-23)27(25-29-10-5-11-31(25)26(28)30-27)21-7-3-6-19(14-21)20-12-18(17-37(32,33)34)13-24(15-20)36-2/h3-4,6-9,12-16H,5,10-11,17H2,1-2H3,(H2,28,30)(H,32,33,34). The molecule has 2 aliphatic heterocycles. The van der Waals surface area contributed by atoms with E-state index >= 15 is 0 Å². The minimum atomic E-state index is -4.21. The summed E-state index contributed by atoms with van der Waals surface area (Å²) < 4.78 is 43.4. The molecule has 0 saturated heterocycles. The van der Waals surface area contributed by atoms with Gasteiger partial charge >= 0.3 is 0 Å². The summed E-state index contributed by atoms with van der Waals surface area (Å²) in [7, 11) is -1.08. The Morgan fingerprint density at radius 1 is 0.973 bits per heavy atom. The van der Waals surface area contributed by atoms with Crippen molar-refractivity contribution in [2.24, 2.45) is 15.7 Å². The van der Waals surface area contributed by atoms with Crippen LogP contribution in [-0.4, -0.2) is 57.0 Å². The van der Waals surface area contributed by atoms with Crippen LogP contribution in [0.3, 0.4) is 0 Å². The zero-order valence-corrected chi connectivity index (χ0v) is 21.4. The Morgan fingerprint density at radius 3 is 2.43 bits per heavy atom. The molecule has 192 valence electrons. The van der Waals surface area contributed by atoms with Gasteiger partial charge < -0.3 is 15.2 Å². The summed E-state index contributed by atoms with van der Waals surface area (Å²) in [6.07, 6.45) is 0.883. The van der Waals surface area contributed by atoms with Gasteiger partial charge in [0.15, 0.2) is 11.5 Å². The first kappa shape index (κ1) is 24.8. The summed E-state index contributed by atoms with van der Waals surface area (Å²) in [5.74, 6) is 1.83. The minimum absolute atomic E-state index is 0.406. The zero-order valence-electron chi connectivity index (χ0n) is 20.6. The van der Waals surface area contributed by atoms with Crippen molar-refractivity contribution >= 4 is 21.9 Å². The van der Waals surface area contributed by atoms with Gasteiger partial charge in [0.25, 0.3) is 10.1 Å². The van der Waals surface area contributed by atoms with Crippen molar-refractivity contribution in [1.29, 1.82) is 0 Å². The van der Waals surface area contributed by atoms with Gasteiger partial charge in [0, 0.05) is 13.1 Å². The maximum Gasteiger partial charge on any atom is 0.269 e. The van der Waals surface area contributed by atoms with Crippen LogP contribution in [0, 0.1) is 0 Å². The Balaban J connectivity index is 1.70. The molecule has 2 heterocycles. The summed E-state index contributed by atoms with van der Waals surface area (Å²) in [4.78, 5) is 11.9. The molecule has 0 saturated carbocycles. The fourth-order valence-corrected chi connectivity index (χ4v) is 5.57. The number of ether oxygens (including phenoxy) is 2. The summed E-state index contributed by atoms with van der Waals surface area (Å²) in [5.41, 5.74) is 9.15. The number of nitrogens with two attached hydrogens (primary N) is 1. The van der Waals surface area contributed by atoms with Crippen LogP contribution in [0.5, 0.6) is 11.5 Å². The van der Waals surface area contributed by atoms with E-state index in [9.17, 15) is 13.0 Å². The number of guanidine groups is 1. The Kier molecular flexibility index (Phi) is 6.38. The van der Waals surface area contributed by atoms with Crippen molar-refractivity contribution in [3.8, 4) is 22.6 Å². The topological polar surface area (TPSA) is 127 Å². The predicted octanol–water partition coefficient (Wildman–Crippen LogP) is 3.43. The molecular formula is C27H28N4O5S. The van der Waals surface area contributed by atoms with E-state index in [1.54, 1.807) is 19.2 Å². The largest absolute Gasteiger partial charge is 0.497 e. The molecule has 37 heavy (non-hydrogen) atoms. The maximum atomic E-state index is 11.6. The third-order valence-electron chi connectivity index (χ3n) is 6.59. The second kappa shape index (κ2) is 9.53. The highest BCUT2D eigenvalue weighted by Gasteiger charge is 2.49. The third-order valence-corrected chi connectivity index (χ3v) is 7.29. The number of methoxy groups -OCH3 is 2. The second-order valence-corrected chi connectivity index (χ2v) is 10.5. The molecule has 3 N–H and O–H groups in total. The molecule has 0 spiro atoms. The van der Waals surface area contributed by atoms with Gasteiger partial charge in [0.2, 0.25) is 0 Å². The molecule has 2 aliphatic rings. The van der Waals surface area contributed by atoms with Gasteiger partial charge in [-0.05, 0) is 70.6 Å². The molecule has 10 heteroatoms. The molecule has 0 bridgehead atoms. The van der Waals surface area contributed by atoms with E-state index in [0.29, 0.717) is 29.6 Å². The summed E-state index contributed by atoms with van der Waals surface area (Å²) >= 11 is 0. The van der Waals surface area contributed by atoms with Crippen molar-refractivity contribution in [3.63, 3.8) is 0 Å². The summed E-state index contributed by atoms with van der Waals surface area (Å²) in [6.45, 7) is 1.41. The van der Waals surface area contributed by atoms with Crippen LogP contribution >= 0.6 is 0 Å². The SMILES string of the molecule is COc1cc(CS(=O)(=O)O)cc(-c2cccc(C3(c4cccc(OC)c4)N=C(N)N4CCCN=C43)c2)c1. The molecule has 5 rings (SSSR count). The lowest BCUT2D eigenvalue weighted by Gasteiger charge is -2.33. The molecule has 1 unspecified atom stereocenters. The zero-order chi connectivity index (χ0) is 26.2. The summed E-state index contributed by atoms with van der Waals surface area (Å²) in [5, 5.41) is 0. The highest BCUT2D eigenvalue weighted by atomic mass is 32.2. The van der Waals surface area contributed by atoms with Crippen LogP contribution in [0.4, 0.5) is 0 Å². The van der Waals surface area contributed by atoms with Gasteiger partial charge in [-0.15, -0.1) is 0 Å². The van der Waals surface area contributed by atoms with Crippen LogP contribution in [0.1, 0.15) is 23.1 Å². The minimum Gasteiger partial charge on any atom is -0.497 e. The van der Waals surface area contributed by atoms with E-state index in [0.717, 1.165) is 41.1 Å². The van der Waals surface area contributed by atoms with Crippen molar-refractivity contribution < 1.29 is 22.4 Å². The van der Waals surface area contributed by atoms with Crippen LogP contribution in [0.25, 0.3) is 11.1 Å². The van der Waals surface area contributed by atoms with Gasteiger partial charge in [-0.3, -0.25) is 14.4 Å². The first-order valence-corrected chi connectivity index (χ1v) is 13.4. The normalized spacial score (nSPS) is 19.2. The molecule has 0 aliphatic carbocycles. The first-order valence-electron chi connectivity index (χ1n) is 11.8. The molecule has 0 amide bonds. The van der Waals surface area contributed by atoms with Gasteiger partial charge in [-0.2, -0.15) is 8.42 Å². The second-order valence-electron chi connectivity index (χ2n) is 9.00. The van der Waals surface area contributed by atoms with Crippen LogP contribution < -0.4 is 15.2 Å². The molecule has 0 fully saturated rings. The van der Waals surface area contributed by atoms with Gasteiger partial charge in [-0.25, -0.2) is 4.99 Å². The average molecular weight is 521 g/mol. The lowest BCUT2D eigenvalue weighted by molar-refractivity contribution is 0.413. The number of rotatable bonds is 7. The maximum absolute atomic E-state index is 11.6. The third kappa shape index (κ3) is 4.65. The predicted molar refractivity (Wildman–Crippen MR) is 143 cm³/mol. The van der Waals surface area contributed by atoms with Crippen molar-refractivity contribution in [1.82, 2.24) is 4.90 Å². The Hall–Kier alpha value is -3.89. The lowest BCUT2D eigenvalue weighted by atomic mass is 9.80. The molecule has 3 aromatic rings. The van der Waals surface area contributed by atoms with Crippen LogP contribution in [-0.2, 0) is 21.4 Å². The lowest BCUT2D eigenvalue weighted by Crippen LogP contribution is -2.46. The van der Waals surface area contributed by atoms with E-state index in [4.69, 9.17) is 25.2 Å². The van der Waals surface area contributed by atoms with Gasteiger partial charge in [0.05, 0.1) is 14.2 Å². The highest BCUT2D eigenvalue weighted by Crippen LogP contribution is 2.43. The van der Waals surface area contributed by atoms with E-state index in [1.807, 2.05) is 59.5 Å². The van der Waals surface area contributed by atoms with E-state index < -0.39 is 21.4 Å². The molecule has 0 radical (unpaired) electrons. The van der Waals surface area contributed by atoms with E-state index in [2.05, 4.69) is 0 Å². The Morgan fingerprint density at radius 2 is 1.70 bits per heavy atom. The van der Waals surface area contributed by atoms with Crippen LogP contribution in [0.15, 0.2) is 76.7 Å². The Labute approximate surface area is 216 Å². The fourth-order valence-electron chi connectivity index (χ4n) is 4.99. The van der Waals surface area contributed by atoms with Crippen LogP contribution in [0.2, 0.25) is 0 Å². The number of hydrogen-bond donors (Lipinski definition) is 2. The number of fused-ring (bicyclic) bond motifs is 1. The fraction of sp³-hybridized carbons (Fsp3) is 0.259. The van der Waals surface area contributed by atoms with E-state index in [1.165, 1.54) is 7.11 Å². The number of amidine groups is 1. The highest BCUT2D eigenvalue weighted by molar-refractivity contribution is 7.85.